The van der Waals surface area contributed by atoms with Crippen LogP contribution in [0.15, 0.2) is 72.7 Å². The summed E-state index contributed by atoms with van der Waals surface area (Å²) in [6, 6.07) is 10.1. The molecule has 1 saturated heterocycles. The molecule has 3 atom stereocenters. The molecular formula is C26H27F2N3O9. The number of nitrogens with one attached hydrogen (secondary N) is 1. The van der Waals surface area contributed by atoms with Gasteiger partial charge in [0.15, 0.2) is 0 Å². The van der Waals surface area contributed by atoms with E-state index in [0.29, 0.717) is 11.0 Å². The maximum absolute atomic E-state index is 15.5. The van der Waals surface area contributed by atoms with Crippen LogP contribution in [-0.2, 0) is 34.9 Å². The molecule has 0 radical (unpaired) electrons. The van der Waals surface area contributed by atoms with E-state index in [1.54, 1.807) is 12.1 Å². The van der Waals surface area contributed by atoms with E-state index in [1.807, 2.05) is 18.2 Å². The second-order valence-corrected chi connectivity index (χ2v) is 8.27. The van der Waals surface area contributed by atoms with E-state index in [4.69, 9.17) is 18.9 Å². The van der Waals surface area contributed by atoms with Gasteiger partial charge in [0, 0.05) is 12.6 Å². The fourth-order valence-electron chi connectivity index (χ4n) is 3.59. The maximum Gasteiger partial charge on any atom is 0.509 e. The maximum atomic E-state index is 15.5. The van der Waals surface area contributed by atoms with Crippen molar-refractivity contribution in [3.63, 3.8) is 0 Å². The van der Waals surface area contributed by atoms with Crippen molar-refractivity contribution in [2.24, 2.45) is 0 Å². The Morgan fingerprint density at radius 3 is 2.45 bits per heavy atom. The third kappa shape index (κ3) is 7.96. The van der Waals surface area contributed by atoms with Crippen LogP contribution >= 0.6 is 0 Å². The Hall–Kier alpha value is -4.59. The molecule has 0 saturated carbocycles. The lowest BCUT2D eigenvalue weighted by atomic mass is 10.1. The number of amides is 1. The van der Waals surface area contributed by atoms with E-state index < -0.39 is 54.9 Å². The number of hydrogen-bond donors (Lipinski definition) is 1. The van der Waals surface area contributed by atoms with Crippen molar-refractivity contribution in [2.45, 2.75) is 37.2 Å². The molecule has 3 rings (SSSR count). The van der Waals surface area contributed by atoms with E-state index in [0.717, 1.165) is 17.8 Å². The Bertz CT molecular complexity index is 1270. The van der Waals surface area contributed by atoms with E-state index >= 15 is 8.78 Å². The molecule has 1 aliphatic heterocycles. The van der Waals surface area contributed by atoms with E-state index in [-0.39, 0.29) is 25.5 Å². The van der Waals surface area contributed by atoms with Crippen LogP contribution in [0, 0.1) is 0 Å². The summed E-state index contributed by atoms with van der Waals surface area (Å²) in [5, 5.41) is 2.16. The lowest BCUT2D eigenvalue weighted by molar-refractivity contribution is -0.150. The van der Waals surface area contributed by atoms with Gasteiger partial charge in [-0.3, -0.25) is 14.7 Å². The summed E-state index contributed by atoms with van der Waals surface area (Å²) in [6.45, 7) is 5.60. The highest BCUT2D eigenvalue weighted by Crippen LogP contribution is 2.44. The van der Waals surface area contributed by atoms with E-state index in [1.165, 1.54) is 12.2 Å². The quantitative estimate of drug-likeness (QED) is 0.232. The highest BCUT2D eigenvalue weighted by atomic mass is 19.3. The number of esters is 1. The van der Waals surface area contributed by atoms with Gasteiger partial charge in [-0.05, 0) is 18.1 Å². The molecular weight excluding hydrogens is 536 g/mol. The monoisotopic (exact) mass is 563 g/mol. The Morgan fingerprint density at radius 2 is 1.77 bits per heavy atom. The summed E-state index contributed by atoms with van der Waals surface area (Å²) in [7, 11) is 0. The minimum absolute atomic E-state index is 0.0451. The molecule has 1 aromatic heterocycles. The fraction of sp³-hybridized carbons (Fsp3) is 0.346. The second kappa shape index (κ2) is 14.0. The second-order valence-electron chi connectivity index (χ2n) is 8.27. The van der Waals surface area contributed by atoms with Crippen LogP contribution in [0.3, 0.4) is 0 Å². The van der Waals surface area contributed by atoms with Crippen molar-refractivity contribution >= 4 is 24.0 Å². The average Bonchev–Trinajstić information content (AvgIpc) is 3.17. The number of nitrogens with zero attached hydrogens (tertiary/aromatic N) is 2. The van der Waals surface area contributed by atoms with Crippen molar-refractivity contribution in [2.75, 3.05) is 25.1 Å². The van der Waals surface area contributed by atoms with Gasteiger partial charge in [-0.25, -0.2) is 14.4 Å². The predicted molar refractivity (Wildman–Crippen MR) is 135 cm³/mol. The van der Waals surface area contributed by atoms with Crippen LogP contribution < -0.4 is 11.0 Å². The Labute approximate surface area is 227 Å². The molecule has 40 heavy (non-hydrogen) atoms. The minimum Gasteiger partial charge on any atom is -0.463 e. The molecule has 0 spiro atoms. The van der Waals surface area contributed by atoms with Gasteiger partial charge >= 0.3 is 29.8 Å². The van der Waals surface area contributed by atoms with Crippen molar-refractivity contribution in [1.29, 1.82) is 0 Å². The van der Waals surface area contributed by atoms with Crippen molar-refractivity contribution in [1.82, 2.24) is 9.55 Å². The molecule has 214 valence electrons. The molecule has 0 bridgehead atoms. The summed E-state index contributed by atoms with van der Waals surface area (Å²) in [6.07, 6.45) is -4.95. The van der Waals surface area contributed by atoms with Gasteiger partial charge in [0.2, 0.25) is 12.3 Å². The smallest absolute Gasteiger partial charge is 0.463 e. The Balaban J connectivity index is 1.75. The molecule has 2 heterocycles. The zero-order valence-corrected chi connectivity index (χ0v) is 21.2. The van der Waals surface area contributed by atoms with Gasteiger partial charge in [0.05, 0.1) is 0 Å². The van der Waals surface area contributed by atoms with Gasteiger partial charge in [-0.15, -0.1) is 0 Å². The van der Waals surface area contributed by atoms with Gasteiger partial charge in [-0.1, -0.05) is 55.6 Å². The number of aromatic nitrogens is 2. The number of anilines is 1. The molecule has 1 amide bonds. The zero-order valence-electron chi connectivity index (χ0n) is 21.2. The average molecular weight is 564 g/mol. The number of carbonyl (C=O) groups excluding carboxylic acids is 3. The molecule has 2 aromatic rings. The standard InChI is InChI=1S/C26H27F2N3O9/c1-3-14-36-24(34)30-19-12-13-31(23(33)29-19)22-26(27,28)21(40-25(35)37-15-4-2)18(39-22)16-38-20(32)11-10-17-8-6-5-7-9-17/h3-9,12-13,18,21-22H,1-2,10-11,14-16H2,(H,29,30,33,34)/t18-,21-,22-/m1/s1. The summed E-state index contributed by atoms with van der Waals surface area (Å²) >= 11 is 0. The summed E-state index contributed by atoms with van der Waals surface area (Å²) in [5.41, 5.74) is -0.354. The molecule has 0 unspecified atom stereocenters. The van der Waals surface area contributed by atoms with E-state index in [2.05, 4.69) is 28.2 Å². The number of ether oxygens (including phenoxy) is 5. The van der Waals surface area contributed by atoms with E-state index in [9.17, 15) is 19.2 Å². The predicted octanol–water partition coefficient (Wildman–Crippen LogP) is 3.39. The number of aryl methyl sites for hydroxylation is 1. The van der Waals surface area contributed by atoms with Crippen LogP contribution in [0.2, 0.25) is 0 Å². The fourth-order valence-corrected chi connectivity index (χ4v) is 3.59. The molecule has 14 heteroatoms. The number of rotatable bonds is 12. The van der Waals surface area contributed by atoms with Crippen LogP contribution in [0.4, 0.5) is 24.2 Å². The molecule has 12 nitrogen and oxygen atoms in total. The summed E-state index contributed by atoms with van der Waals surface area (Å²) in [5.74, 6) is -4.98. The SMILES string of the molecule is C=CCOC(=O)Nc1ccn([C@@H]2O[C@H](COC(=O)CCc3ccccc3)[C@@H](OC(=O)OCC=C)C2(F)F)c(=O)n1. The van der Waals surface area contributed by atoms with Crippen LogP contribution in [0.5, 0.6) is 0 Å². The summed E-state index contributed by atoms with van der Waals surface area (Å²) in [4.78, 5) is 52.0. The third-order valence-electron chi connectivity index (χ3n) is 5.41. The van der Waals surface area contributed by atoms with Gasteiger partial charge in [-0.2, -0.15) is 13.8 Å². The lowest BCUT2D eigenvalue weighted by Gasteiger charge is -2.23. The molecule has 1 aromatic carbocycles. The van der Waals surface area contributed by atoms with Crippen molar-refractivity contribution in [3.05, 3.63) is 84.0 Å². The Morgan fingerprint density at radius 1 is 1.07 bits per heavy atom. The largest absolute Gasteiger partial charge is 0.509 e. The summed E-state index contributed by atoms with van der Waals surface area (Å²) < 4.78 is 56.1. The highest BCUT2D eigenvalue weighted by Gasteiger charge is 2.63. The molecule has 1 fully saturated rings. The minimum atomic E-state index is -4.00. The normalized spacial score (nSPS) is 19.2. The number of carbonyl (C=O) groups is 3. The first-order chi connectivity index (χ1) is 19.1. The van der Waals surface area contributed by atoms with Crippen molar-refractivity contribution < 1.29 is 46.8 Å². The third-order valence-corrected chi connectivity index (χ3v) is 5.41. The first-order valence-corrected chi connectivity index (χ1v) is 12.0. The van der Waals surface area contributed by atoms with Gasteiger partial charge in [0.25, 0.3) is 0 Å². The number of benzene rings is 1. The van der Waals surface area contributed by atoms with Crippen molar-refractivity contribution in [3.8, 4) is 0 Å². The topological polar surface area (TPSA) is 144 Å². The Kier molecular flexibility index (Phi) is 10.5. The van der Waals surface area contributed by atoms with Crippen LogP contribution in [0.25, 0.3) is 0 Å². The molecule has 1 aliphatic rings. The van der Waals surface area contributed by atoms with Crippen LogP contribution in [0.1, 0.15) is 18.2 Å². The molecule has 1 N–H and O–H groups in total. The number of hydrogen-bond acceptors (Lipinski definition) is 10. The number of halogens is 2. The first kappa shape index (κ1) is 30.0. The first-order valence-electron chi connectivity index (χ1n) is 12.0. The van der Waals surface area contributed by atoms with Gasteiger partial charge in [0.1, 0.15) is 31.7 Å². The lowest BCUT2D eigenvalue weighted by Crippen LogP contribution is -2.45. The molecule has 0 aliphatic carbocycles. The van der Waals surface area contributed by atoms with Gasteiger partial charge < -0.3 is 23.7 Å². The zero-order chi connectivity index (χ0) is 29.1. The highest BCUT2D eigenvalue weighted by molar-refractivity contribution is 5.83. The van der Waals surface area contributed by atoms with Crippen LogP contribution in [-0.4, -0.2) is 65.7 Å². The number of alkyl halides is 2.